The average molecular weight is 328 g/mol. The van der Waals surface area contributed by atoms with Crippen molar-refractivity contribution in [2.75, 3.05) is 13.2 Å². The van der Waals surface area contributed by atoms with Gasteiger partial charge in [-0.3, -0.25) is 9.36 Å². The summed E-state index contributed by atoms with van der Waals surface area (Å²) in [6, 6.07) is 3.57. The highest BCUT2D eigenvalue weighted by molar-refractivity contribution is 5.93. The molecule has 6 heteroatoms. The molecule has 6 nitrogen and oxygen atoms in total. The number of amides is 1. The van der Waals surface area contributed by atoms with Crippen LogP contribution in [0.4, 0.5) is 0 Å². The van der Waals surface area contributed by atoms with E-state index >= 15 is 0 Å². The van der Waals surface area contributed by atoms with Crippen molar-refractivity contribution in [2.24, 2.45) is 5.92 Å². The van der Waals surface area contributed by atoms with Gasteiger partial charge in [-0.05, 0) is 30.9 Å². The van der Waals surface area contributed by atoms with Gasteiger partial charge in [0.15, 0.2) is 0 Å². The minimum Gasteiger partial charge on any atom is -0.376 e. The fraction of sp³-hybridized carbons (Fsp3) is 0.500. The van der Waals surface area contributed by atoms with Gasteiger partial charge < -0.3 is 10.1 Å². The summed E-state index contributed by atoms with van der Waals surface area (Å²) in [4.78, 5) is 20.4. The Hall–Kier alpha value is -2.21. The van der Waals surface area contributed by atoms with E-state index in [9.17, 15) is 4.79 Å². The lowest BCUT2D eigenvalue weighted by Crippen LogP contribution is -2.31. The van der Waals surface area contributed by atoms with Crippen molar-refractivity contribution in [3.05, 3.63) is 42.6 Å². The zero-order valence-electron chi connectivity index (χ0n) is 14.0. The van der Waals surface area contributed by atoms with Crippen LogP contribution in [0.15, 0.2) is 37.1 Å². The fourth-order valence-corrected chi connectivity index (χ4v) is 3.07. The summed E-state index contributed by atoms with van der Waals surface area (Å²) in [6.07, 6.45) is 12.0. The molecule has 1 saturated carbocycles. The Labute approximate surface area is 142 Å². The highest BCUT2D eigenvalue weighted by Crippen LogP contribution is 2.25. The SMILES string of the molecule is C[C@H]1CCCC[C@H]1OCCNC(=O)c1ccc(-n2ccnc2)nc1. The number of aromatic nitrogens is 3. The molecule has 2 aromatic rings. The van der Waals surface area contributed by atoms with Gasteiger partial charge in [-0.1, -0.05) is 19.8 Å². The number of nitrogens with one attached hydrogen (secondary N) is 1. The number of rotatable bonds is 6. The van der Waals surface area contributed by atoms with E-state index < -0.39 is 0 Å². The zero-order valence-corrected chi connectivity index (χ0v) is 14.0. The summed E-state index contributed by atoms with van der Waals surface area (Å²) in [6.45, 7) is 3.32. The van der Waals surface area contributed by atoms with E-state index in [4.69, 9.17) is 4.74 Å². The molecule has 0 radical (unpaired) electrons. The quantitative estimate of drug-likeness (QED) is 0.828. The molecule has 2 atom stereocenters. The van der Waals surface area contributed by atoms with E-state index in [1.54, 1.807) is 35.4 Å². The summed E-state index contributed by atoms with van der Waals surface area (Å²) in [5.41, 5.74) is 0.546. The second-order valence-corrected chi connectivity index (χ2v) is 6.30. The Morgan fingerprint density at radius 1 is 1.38 bits per heavy atom. The van der Waals surface area contributed by atoms with Gasteiger partial charge in [0.2, 0.25) is 0 Å². The van der Waals surface area contributed by atoms with Gasteiger partial charge in [0.1, 0.15) is 12.1 Å². The number of carbonyl (C=O) groups excluding carboxylic acids is 1. The lowest BCUT2D eigenvalue weighted by Gasteiger charge is -2.28. The van der Waals surface area contributed by atoms with Crippen LogP contribution in [0.3, 0.4) is 0 Å². The number of hydrogen-bond acceptors (Lipinski definition) is 4. The Morgan fingerprint density at radius 3 is 2.96 bits per heavy atom. The molecule has 1 N–H and O–H groups in total. The maximum absolute atomic E-state index is 12.1. The highest BCUT2D eigenvalue weighted by atomic mass is 16.5. The second-order valence-electron chi connectivity index (χ2n) is 6.30. The molecule has 1 aliphatic rings. The minimum absolute atomic E-state index is 0.125. The predicted molar refractivity (Wildman–Crippen MR) is 91.1 cm³/mol. The largest absolute Gasteiger partial charge is 0.376 e. The molecule has 2 aromatic heterocycles. The number of imidazole rings is 1. The van der Waals surface area contributed by atoms with Crippen LogP contribution in [0.1, 0.15) is 43.0 Å². The number of nitrogens with zero attached hydrogens (tertiary/aromatic N) is 3. The van der Waals surface area contributed by atoms with Gasteiger partial charge >= 0.3 is 0 Å². The van der Waals surface area contributed by atoms with E-state index in [1.807, 2.05) is 6.20 Å². The Kier molecular flexibility index (Phi) is 5.59. The van der Waals surface area contributed by atoms with E-state index in [2.05, 4.69) is 22.2 Å². The van der Waals surface area contributed by atoms with Gasteiger partial charge in [-0.15, -0.1) is 0 Å². The average Bonchev–Trinajstić information content (AvgIpc) is 3.15. The summed E-state index contributed by atoms with van der Waals surface area (Å²) < 4.78 is 7.70. The number of hydrogen-bond donors (Lipinski definition) is 1. The van der Waals surface area contributed by atoms with E-state index in [0.29, 0.717) is 30.7 Å². The molecule has 0 aliphatic heterocycles. The molecule has 1 fully saturated rings. The van der Waals surface area contributed by atoms with Crippen molar-refractivity contribution in [1.29, 1.82) is 0 Å². The Balaban J connectivity index is 1.43. The van der Waals surface area contributed by atoms with E-state index in [-0.39, 0.29) is 5.91 Å². The molecular weight excluding hydrogens is 304 g/mol. The first-order valence-corrected chi connectivity index (χ1v) is 8.58. The van der Waals surface area contributed by atoms with Crippen LogP contribution in [-0.4, -0.2) is 39.7 Å². The van der Waals surface area contributed by atoms with Crippen LogP contribution in [0.2, 0.25) is 0 Å². The lowest BCUT2D eigenvalue weighted by molar-refractivity contribution is -0.00294. The first-order valence-electron chi connectivity index (χ1n) is 8.58. The van der Waals surface area contributed by atoms with Gasteiger partial charge in [0.05, 0.1) is 18.3 Å². The second kappa shape index (κ2) is 8.06. The van der Waals surface area contributed by atoms with Crippen molar-refractivity contribution < 1.29 is 9.53 Å². The zero-order chi connectivity index (χ0) is 16.8. The van der Waals surface area contributed by atoms with Crippen molar-refractivity contribution in [3.8, 4) is 5.82 Å². The standard InChI is InChI=1S/C18H24N4O2/c1-14-4-2-3-5-16(14)24-11-9-20-18(23)15-6-7-17(21-12-15)22-10-8-19-13-22/h6-8,10,12-14,16H,2-5,9,11H2,1H3,(H,20,23)/t14-,16+/m0/s1. The molecule has 128 valence electrons. The summed E-state index contributed by atoms with van der Waals surface area (Å²) in [5.74, 6) is 1.23. The molecule has 0 aromatic carbocycles. The number of carbonyl (C=O) groups is 1. The molecule has 1 aliphatic carbocycles. The molecule has 0 unspecified atom stereocenters. The molecule has 2 heterocycles. The molecular formula is C18H24N4O2. The van der Waals surface area contributed by atoms with Crippen molar-refractivity contribution in [2.45, 2.75) is 38.7 Å². The smallest absolute Gasteiger partial charge is 0.252 e. The van der Waals surface area contributed by atoms with E-state index in [0.717, 1.165) is 12.2 Å². The Morgan fingerprint density at radius 2 is 2.25 bits per heavy atom. The summed E-state index contributed by atoms with van der Waals surface area (Å²) >= 11 is 0. The van der Waals surface area contributed by atoms with Crippen LogP contribution >= 0.6 is 0 Å². The van der Waals surface area contributed by atoms with Crippen molar-refractivity contribution in [1.82, 2.24) is 19.9 Å². The van der Waals surface area contributed by atoms with Crippen LogP contribution < -0.4 is 5.32 Å². The monoisotopic (exact) mass is 328 g/mol. The summed E-state index contributed by atoms with van der Waals surface area (Å²) in [5, 5.41) is 2.88. The predicted octanol–water partition coefficient (Wildman–Crippen LogP) is 2.59. The summed E-state index contributed by atoms with van der Waals surface area (Å²) in [7, 11) is 0. The first-order chi connectivity index (χ1) is 11.7. The fourth-order valence-electron chi connectivity index (χ4n) is 3.07. The molecule has 24 heavy (non-hydrogen) atoms. The molecule has 0 spiro atoms. The van der Waals surface area contributed by atoms with Crippen molar-refractivity contribution >= 4 is 5.91 Å². The normalized spacial score (nSPS) is 20.7. The lowest BCUT2D eigenvalue weighted by atomic mass is 9.88. The third-order valence-corrected chi connectivity index (χ3v) is 4.53. The Bertz CT molecular complexity index is 640. The highest BCUT2D eigenvalue weighted by Gasteiger charge is 2.21. The molecule has 0 bridgehead atoms. The van der Waals surface area contributed by atoms with Gasteiger partial charge in [-0.2, -0.15) is 0 Å². The van der Waals surface area contributed by atoms with Gasteiger partial charge in [0.25, 0.3) is 5.91 Å². The minimum atomic E-state index is -0.125. The maximum atomic E-state index is 12.1. The van der Waals surface area contributed by atoms with Crippen molar-refractivity contribution in [3.63, 3.8) is 0 Å². The van der Waals surface area contributed by atoms with E-state index in [1.165, 1.54) is 19.3 Å². The third-order valence-electron chi connectivity index (χ3n) is 4.53. The third kappa shape index (κ3) is 4.20. The molecule has 0 saturated heterocycles. The molecule has 1 amide bonds. The van der Waals surface area contributed by atoms with Gasteiger partial charge in [-0.25, -0.2) is 9.97 Å². The van der Waals surface area contributed by atoms with Crippen LogP contribution in [0, 0.1) is 5.92 Å². The van der Waals surface area contributed by atoms with Crippen LogP contribution in [0.25, 0.3) is 5.82 Å². The maximum Gasteiger partial charge on any atom is 0.252 e. The topological polar surface area (TPSA) is 69.0 Å². The van der Waals surface area contributed by atoms with Crippen LogP contribution in [-0.2, 0) is 4.74 Å². The van der Waals surface area contributed by atoms with Crippen LogP contribution in [0.5, 0.6) is 0 Å². The molecule has 3 rings (SSSR count). The first kappa shape index (κ1) is 16.6. The van der Waals surface area contributed by atoms with Gasteiger partial charge in [0, 0.05) is 25.1 Å². The number of ether oxygens (including phenoxy) is 1. The number of pyridine rings is 1.